The Bertz CT molecular complexity index is 1470. The van der Waals surface area contributed by atoms with Crippen LogP contribution in [0.1, 0.15) is 119 Å². The minimum Gasteiger partial charge on any atom is -0.479 e. The lowest BCUT2D eigenvalue weighted by atomic mass is 9.36. The Labute approximate surface area is 307 Å². The van der Waals surface area contributed by atoms with Gasteiger partial charge in [-0.3, -0.25) is 19.2 Å². The molecule has 6 rings (SSSR count). The second-order valence-electron chi connectivity index (χ2n) is 18.4. The van der Waals surface area contributed by atoms with Crippen molar-refractivity contribution in [2.75, 3.05) is 0 Å². The standard InChI is InChI=1S/C41H60O11/c1-9-24-12-18-41(20-27(45)32-33(49-21(2)42)34(50-22(3)43)35(51-23(4)44)36(52-32)37(47)48)19-13-26-25(31(24)41)10-11-29-39(26,7)16-14-28-38(5,6)30(46)15-17-40(28,29)8/h9,24-29,31-36,45H,1,10-20H2,2-8H3,(H,47,48)/t24-,25?,26?,27-,28?,29?,31?,32+,33?,34?,35+,36?,39+,40+,41-/m1/s1. The summed E-state index contributed by atoms with van der Waals surface area (Å²) in [6.07, 6.45) is 3.04. The molecule has 6 aliphatic rings. The van der Waals surface area contributed by atoms with E-state index in [2.05, 4.69) is 40.3 Å². The Balaban J connectivity index is 1.31. The van der Waals surface area contributed by atoms with E-state index >= 15 is 0 Å². The van der Waals surface area contributed by atoms with Crippen molar-refractivity contribution in [3.05, 3.63) is 12.7 Å². The van der Waals surface area contributed by atoms with E-state index < -0.39 is 60.5 Å². The summed E-state index contributed by atoms with van der Waals surface area (Å²) in [5.41, 5.74) is -0.357. The maximum Gasteiger partial charge on any atom is 0.336 e. The van der Waals surface area contributed by atoms with E-state index in [1.807, 2.05) is 0 Å². The van der Waals surface area contributed by atoms with Crippen LogP contribution in [0, 0.1) is 57.2 Å². The van der Waals surface area contributed by atoms with Crippen molar-refractivity contribution in [1.29, 1.82) is 0 Å². The molecule has 1 aliphatic heterocycles. The summed E-state index contributed by atoms with van der Waals surface area (Å²) in [4.78, 5) is 62.4. The molecule has 52 heavy (non-hydrogen) atoms. The average molecular weight is 729 g/mol. The van der Waals surface area contributed by atoms with Crippen molar-refractivity contribution in [2.24, 2.45) is 57.2 Å². The van der Waals surface area contributed by atoms with Gasteiger partial charge in [0.15, 0.2) is 24.4 Å². The number of aliphatic hydroxyl groups is 1. The first-order chi connectivity index (χ1) is 24.3. The zero-order valence-corrected chi connectivity index (χ0v) is 32.1. The van der Waals surface area contributed by atoms with Gasteiger partial charge in [-0.05, 0) is 116 Å². The highest BCUT2D eigenvalue weighted by Crippen LogP contribution is 2.73. The Morgan fingerprint density at radius 3 is 2.06 bits per heavy atom. The molecule has 0 spiro atoms. The highest BCUT2D eigenvalue weighted by Gasteiger charge is 2.67. The van der Waals surface area contributed by atoms with Crippen LogP contribution in [0.3, 0.4) is 0 Å². The van der Waals surface area contributed by atoms with Gasteiger partial charge in [0.1, 0.15) is 11.9 Å². The van der Waals surface area contributed by atoms with E-state index in [0.29, 0.717) is 35.9 Å². The van der Waals surface area contributed by atoms with Crippen molar-refractivity contribution in [1.82, 2.24) is 0 Å². The third-order valence-corrected chi connectivity index (χ3v) is 15.6. The maximum absolute atomic E-state index is 13.1. The number of ketones is 1. The molecule has 0 aromatic heterocycles. The van der Waals surface area contributed by atoms with Gasteiger partial charge < -0.3 is 29.2 Å². The number of carbonyl (C=O) groups excluding carboxylic acids is 4. The molecule has 11 nitrogen and oxygen atoms in total. The molecule has 0 amide bonds. The lowest BCUT2D eigenvalue weighted by Crippen LogP contribution is -2.66. The number of aliphatic hydroxyl groups excluding tert-OH is 1. The minimum absolute atomic E-state index is 0.112. The summed E-state index contributed by atoms with van der Waals surface area (Å²) in [6.45, 7) is 17.0. The molecule has 0 aromatic carbocycles. The molecule has 15 atom stereocenters. The van der Waals surface area contributed by atoms with Crippen LogP contribution in [0.4, 0.5) is 0 Å². The van der Waals surface area contributed by atoms with Crippen LogP contribution in [-0.4, -0.2) is 76.5 Å². The molecule has 1 saturated heterocycles. The third kappa shape index (κ3) is 6.23. The summed E-state index contributed by atoms with van der Waals surface area (Å²) in [5, 5.41) is 22.4. The van der Waals surface area contributed by atoms with Gasteiger partial charge >= 0.3 is 23.9 Å². The van der Waals surface area contributed by atoms with Crippen LogP contribution < -0.4 is 0 Å². The number of esters is 3. The highest BCUT2D eigenvalue weighted by molar-refractivity contribution is 5.85. The van der Waals surface area contributed by atoms with Crippen LogP contribution in [-0.2, 0) is 42.9 Å². The van der Waals surface area contributed by atoms with E-state index in [9.17, 15) is 34.2 Å². The number of ether oxygens (including phenoxy) is 4. The van der Waals surface area contributed by atoms with Gasteiger partial charge in [0.05, 0.1) is 6.10 Å². The topological polar surface area (TPSA) is 163 Å². The number of carboxylic acids is 1. The van der Waals surface area contributed by atoms with E-state index in [-0.39, 0.29) is 39.9 Å². The van der Waals surface area contributed by atoms with Crippen LogP contribution in [0.2, 0.25) is 0 Å². The lowest BCUT2D eigenvalue weighted by Gasteiger charge is -2.68. The van der Waals surface area contributed by atoms with Gasteiger partial charge in [-0.2, -0.15) is 0 Å². The average Bonchev–Trinajstić information content (AvgIpc) is 3.42. The molecule has 6 fully saturated rings. The first-order valence-electron chi connectivity index (χ1n) is 19.5. The Kier molecular flexibility index (Phi) is 10.3. The van der Waals surface area contributed by atoms with Gasteiger partial charge in [0.25, 0.3) is 0 Å². The molecular formula is C41H60O11. The van der Waals surface area contributed by atoms with Crippen LogP contribution in [0.25, 0.3) is 0 Å². The van der Waals surface area contributed by atoms with Crippen molar-refractivity contribution in [3.63, 3.8) is 0 Å². The normalized spacial score (nSPS) is 45.5. The minimum atomic E-state index is -1.78. The smallest absolute Gasteiger partial charge is 0.336 e. The zero-order valence-electron chi connectivity index (χ0n) is 32.1. The summed E-state index contributed by atoms with van der Waals surface area (Å²) < 4.78 is 22.5. The summed E-state index contributed by atoms with van der Waals surface area (Å²) in [7, 11) is 0. The number of allylic oxidation sites excluding steroid dienone is 1. The van der Waals surface area contributed by atoms with Gasteiger partial charge in [0, 0.05) is 32.6 Å². The molecule has 11 heteroatoms. The Morgan fingerprint density at radius 2 is 1.44 bits per heavy atom. The highest BCUT2D eigenvalue weighted by atomic mass is 16.7. The zero-order chi connectivity index (χ0) is 38.1. The van der Waals surface area contributed by atoms with Crippen LogP contribution in [0.15, 0.2) is 12.7 Å². The number of fused-ring (bicyclic) bond motifs is 7. The first kappa shape index (κ1) is 38.9. The van der Waals surface area contributed by atoms with E-state index in [0.717, 1.165) is 78.6 Å². The van der Waals surface area contributed by atoms with Crippen molar-refractivity contribution in [3.8, 4) is 0 Å². The van der Waals surface area contributed by atoms with Crippen molar-refractivity contribution >= 4 is 29.7 Å². The number of aliphatic carboxylic acids is 1. The summed E-state index contributed by atoms with van der Waals surface area (Å²) >= 11 is 0. The van der Waals surface area contributed by atoms with Gasteiger partial charge in [-0.25, -0.2) is 4.79 Å². The van der Waals surface area contributed by atoms with Gasteiger partial charge in [-0.1, -0.05) is 33.8 Å². The molecule has 5 saturated carbocycles. The van der Waals surface area contributed by atoms with E-state index in [1.54, 1.807) is 0 Å². The fourth-order valence-corrected chi connectivity index (χ4v) is 13.8. The van der Waals surface area contributed by atoms with Gasteiger partial charge in [0.2, 0.25) is 0 Å². The first-order valence-corrected chi connectivity index (χ1v) is 19.5. The van der Waals surface area contributed by atoms with Crippen molar-refractivity contribution < 1.29 is 53.1 Å². The second kappa shape index (κ2) is 13.8. The third-order valence-electron chi connectivity index (χ3n) is 15.6. The molecule has 0 aromatic rings. The number of Topliss-reactive ketones (excluding diaryl/α,β-unsaturated/α-hetero) is 1. The molecule has 0 bridgehead atoms. The second-order valence-corrected chi connectivity index (χ2v) is 18.4. The summed E-state index contributed by atoms with van der Waals surface area (Å²) in [5.74, 6) is -1.11. The number of carbonyl (C=O) groups is 5. The summed E-state index contributed by atoms with van der Waals surface area (Å²) in [6, 6.07) is 0. The fourth-order valence-electron chi connectivity index (χ4n) is 13.8. The molecule has 0 radical (unpaired) electrons. The number of carboxylic acid groups (broad SMARTS) is 1. The van der Waals surface area contributed by atoms with E-state index in [4.69, 9.17) is 18.9 Å². The largest absolute Gasteiger partial charge is 0.479 e. The Hall–Kier alpha value is -2.79. The molecule has 5 aliphatic carbocycles. The van der Waals surface area contributed by atoms with Crippen LogP contribution in [0.5, 0.6) is 0 Å². The lowest BCUT2D eigenvalue weighted by molar-refractivity contribution is -0.263. The predicted octanol–water partition coefficient (Wildman–Crippen LogP) is 5.83. The van der Waals surface area contributed by atoms with Crippen molar-refractivity contribution in [2.45, 2.75) is 156 Å². The number of hydrogen-bond acceptors (Lipinski definition) is 10. The maximum atomic E-state index is 13.1. The SMILES string of the molecule is C=C[C@@H]1CC[C@]2(C[C@@H](O)[C@@H]3OC(C(=O)O)[C@@H](OC(C)=O)C(OC(C)=O)C3OC(C)=O)CCC3C(CCC4[C@@]3(C)CCC3C(C)(C)C(=O)CC[C@@]34C)C12. The van der Waals surface area contributed by atoms with E-state index in [1.165, 1.54) is 0 Å². The fraction of sp³-hybridized carbons (Fsp3) is 0.829. The monoisotopic (exact) mass is 728 g/mol. The molecule has 290 valence electrons. The Morgan fingerprint density at radius 1 is 0.827 bits per heavy atom. The van der Waals surface area contributed by atoms with Gasteiger partial charge in [-0.15, -0.1) is 6.58 Å². The molecular weight excluding hydrogens is 668 g/mol. The molecule has 8 unspecified atom stereocenters. The predicted molar refractivity (Wildman–Crippen MR) is 188 cm³/mol. The number of rotatable bonds is 8. The molecule has 2 N–H and O–H groups in total. The molecule has 1 heterocycles. The quantitative estimate of drug-likeness (QED) is 0.176. The number of hydrogen-bond donors (Lipinski definition) is 2. The van der Waals surface area contributed by atoms with Crippen LogP contribution >= 0.6 is 0 Å².